The highest BCUT2D eigenvalue weighted by Crippen LogP contribution is 2.52. The lowest BCUT2D eigenvalue weighted by atomic mass is 10.1. The van der Waals surface area contributed by atoms with Gasteiger partial charge in [-0.25, -0.2) is 4.57 Å². The zero-order chi connectivity index (χ0) is 19.1. The molecule has 0 bridgehead atoms. The zero-order valence-electron chi connectivity index (χ0n) is 16.1. The highest BCUT2D eigenvalue weighted by Gasteiger charge is 2.32. The number of hydrogen-bond donors (Lipinski definition) is 0. The smallest absolute Gasteiger partial charge is 0.281 e. The molecule has 0 radical (unpaired) electrons. The Kier molecular flexibility index (Phi) is 7.22. The third-order valence-electron chi connectivity index (χ3n) is 4.81. The van der Waals surface area contributed by atoms with Crippen molar-refractivity contribution in [1.29, 1.82) is 0 Å². The maximum Gasteiger partial charge on any atom is 0.492 e. The average molecular weight is 389 g/mol. The molecule has 3 rings (SSSR count). The molecule has 2 aromatic carbocycles. The number of rotatable bonds is 8. The number of hydrogen-bond acceptors (Lipinski definition) is 5. The summed E-state index contributed by atoms with van der Waals surface area (Å²) in [4.78, 5) is 0. The van der Waals surface area contributed by atoms with E-state index in [0.29, 0.717) is 0 Å². The summed E-state index contributed by atoms with van der Waals surface area (Å²) in [5.41, 5.74) is 4.11. The second kappa shape index (κ2) is 9.63. The van der Waals surface area contributed by atoms with Gasteiger partial charge in [0.25, 0.3) is 0 Å². The first-order valence-corrected chi connectivity index (χ1v) is 10.9. The van der Waals surface area contributed by atoms with Gasteiger partial charge >= 0.3 is 7.82 Å². The number of hydroxylamine groups is 2. The van der Waals surface area contributed by atoms with Crippen molar-refractivity contribution in [3.8, 4) is 0 Å². The van der Waals surface area contributed by atoms with E-state index in [4.69, 9.17) is 13.7 Å². The number of phosphoric ester groups is 1. The van der Waals surface area contributed by atoms with Crippen LogP contribution in [0.15, 0.2) is 48.5 Å². The summed E-state index contributed by atoms with van der Waals surface area (Å²) in [5.74, 6) is 0. The molecule has 2 aromatic rings. The van der Waals surface area contributed by atoms with Crippen LogP contribution in [-0.4, -0.2) is 18.2 Å². The molecular weight excluding hydrogens is 361 g/mol. The third kappa shape index (κ3) is 6.00. The normalized spacial score (nSPS) is 15.8. The fraction of sp³-hybridized carbons (Fsp3) is 0.429. The van der Waals surface area contributed by atoms with Crippen molar-refractivity contribution in [1.82, 2.24) is 5.06 Å². The Bertz CT molecular complexity index is 736. The van der Waals surface area contributed by atoms with Crippen LogP contribution < -0.4 is 0 Å². The Morgan fingerprint density at radius 3 is 1.78 bits per heavy atom. The molecule has 0 saturated carbocycles. The molecule has 27 heavy (non-hydrogen) atoms. The van der Waals surface area contributed by atoms with Crippen molar-refractivity contribution >= 4 is 7.82 Å². The van der Waals surface area contributed by atoms with E-state index in [2.05, 4.69) is 0 Å². The van der Waals surface area contributed by atoms with Gasteiger partial charge in [-0.05, 0) is 48.9 Å². The van der Waals surface area contributed by atoms with Gasteiger partial charge in [0.15, 0.2) is 0 Å². The van der Waals surface area contributed by atoms with Crippen molar-refractivity contribution in [2.75, 3.05) is 13.1 Å². The van der Waals surface area contributed by atoms with E-state index in [9.17, 15) is 4.57 Å². The van der Waals surface area contributed by atoms with Crippen LogP contribution in [0.1, 0.15) is 41.5 Å². The summed E-state index contributed by atoms with van der Waals surface area (Å²) >= 11 is 0. The minimum absolute atomic E-state index is 0.186. The van der Waals surface area contributed by atoms with Crippen LogP contribution in [0.3, 0.4) is 0 Å². The van der Waals surface area contributed by atoms with Gasteiger partial charge in [-0.3, -0.25) is 9.05 Å². The molecule has 0 aliphatic carbocycles. The number of aryl methyl sites for hydroxylation is 2. The van der Waals surface area contributed by atoms with Crippen molar-refractivity contribution in [3.63, 3.8) is 0 Å². The topological polar surface area (TPSA) is 48.0 Å². The highest BCUT2D eigenvalue weighted by atomic mass is 31.2. The van der Waals surface area contributed by atoms with Crippen LogP contribution >= 0.6 is 7.82 Å². The first-order valence-electron chi connectivity index (χ1n) is 9.48. The summed E-state index contributed by atoms with van der Waals surface area (Å²) < 4.78 is 30.5. The molecule has 0 aromatic heterocycles. The molecule has 0 atom stereocenters. The molecule has 1 aliphatic rings. The Morgan fingerprint density at radius 2 is 1.30 bits per heavy atom. The lowest BCUT2D eigenvalue weighted by molar-refractivity contribution is -0.105. The molecule has 0 amide bonds. The molecule has 6 heteroatoms. The predicted molar refractivity (Wildman–Crippen MR) is 106 cm³/mol. The average Bonchev–Trinajstić information content (AvgIpc) is 2.68. The van der Waals surface area contributed by atoms with Gasteiger partial charge in [-0.2, -0.15) is 9.69 Å². The largest absolute Gasteiger partial charge is 0.492 e. The van der Waals surface area contributed by atoms with Crippen LogP contribution in [0, 0.1) is 13.8 Å². The van der Waals surface area contributed by atoms with E-state index in [1.54, 1.807) is 5.06 Å². The molecule has 1 saturated heterocycles. The fourth-order valence-electron chi connectivity index (χ4n) is 3.01. The first-order chi connectivity index (χ1) is 13.1. The molecule has 0 N–H and O–H groups in total. The van der Waals surface area contributed by atoms with E-state index in [1.807, 2.05) is 62.4 Å². The standard InChI is InChI=1S/C21H28NO4P/c1-18-10-4-6-12-20(18)16-24-27(23,26-22-14-8-3-9-15-22)25-17-21-13-7-5-11-19(21)2/h4-7,10-13H,3,8-9,14-17H2,1-2H3. The molecule has 0 unspecified atom stereocenters. The molecular formula is C21H28NO4P. The van der Waals surface area contributed by atoms with E-state index in [1.165, 1.54) is 0 Å². The van der Waals surface area contributed by atoms with Crippen molar-refractivity contribution in [3.05, 3.63) is 70.8 Å². The van der Waals surface area contributed by atoms with Gasteiger partial charge in [0.2, 0.25) is 0 Å². The van der Waals surface area contributed by atoms with E-state index in [-0.39, 0.29) is 13.2 Å². The minimum atomic E-state index is -3.73. The maximum absolute atomic E-state index is 13.3. The number of benzene rings is 2. The van der Waals surface area contributed by atoms with Gasteiger partial charge in [0, 0.05) is 13.1 Å². The lowest BCUT2D eigenvalue weighted by Crippen LogP contribution is -2.29. The number of phosphoric acid groups is 1. The second-order valence-electron chi connectivity index (χ2n) is 6.92. The molecule has 146 valence electrons. The van der Waals surface area contributed by atoms with Crippen molar-refractivity contribution in [2.45, 2.75) is 46.3 Å². The van der Waals surface area contributed by atoms with Crippen LogP contribution in [0.2, 0.25) is 0 Å². The number of piperidine rings is 1. The van der Waals surface area contributed by atoms with Crippen LogP contribution in [0.25, 0.3) is 0 Å². The van der Waals surface area contributed by atoms with Gasteiger partial charge < -0.3 is 0 Å². The Labute approximate surface area is 161 Å². The van der Waals surface area contributed by atoms with Gasteiger partial charge in [0.05, 0.1) is 13.2 Å². The van der Waals surface area contributed by atoms with E-state index in [0.717, 1.165) is 54.6 Å². The molecule has 1 aliphatic heterocycles. The summed E-state index contributed by atoms with van der Waals surface area (Å²) in [7, 11) is -3.73. The molecule has 5 nitrogen and oxygen atoms in total. The SMILES string of the molecule is Cc1ccccc1COP(=O)(OCc1ccccc1C)ON1CCCCC1. The highest BCUT2D eigenvalue weighted by molar-refractivity contribution is 7.48. The minimum Gasteiger partial charge on any atom is -0.281 e. The van der Waals surface area contributed by atoms with Gasteiger partial charge in [0.1, 0.15) is 0 Å². The Morgan fingerprint density at radius 1 is 0.815 bits per heavy atom. The van der Waals surface area contributed by atoms with Crippen LogP contribution in [-0.2, 0) is 31.5 Å². The summed E-state index contributed by atoms with van der Waals surface area (Å²) in [6, 6.07) is 15.7. The van der Waals surface area contributed by atoms with Gasteiger partial charge in [-0.1, -0.05) is 55.0 Å². The van der Waals surface area contributed by atoms with Crippen LogP contribution in [0.4, 0.5) is 0 Å². The molecule has 0 spiro atoms. The fourth-order valence-corrected chi connectivity index (χ4v) is 4.22. The Hall–Kier alpha value is -1.49. The van der Waals surface area contributed by atoms with Crippen LogP contribution in [0.5, 0.6) is 0 Å². The molecule has 1 fully saturated rings. The van der Waals surface area contributed by atoms with E-state index >= 15 is 0 Å². The summed E-state index contributed by atoms with van der Waals surface area (Å²) in [6.07, 6.45) is 3.21. The van der Waals surface area contributed by atoms with E-state index < -0.39 is 7.82 Å². The number of nitrogens with zero attached hydrogens (tertiary/aromatic N) is 1. The second-order valence-corrected chi connectivity index (χ2v) is 8.49. The van der Waals surface area contributed by atoms with Gasteiger partial charge in [-0.15, -0.1) is 0 Å². The first kappa shape index (κ1) is 20.2. The van der Waals surface area contributed by atoms with Crippen molar-refractivity contribution < 1.29 is 18.2 Å². The monoisotopic (exact) mass is 389 g/mol. The zero-order valence-corrected chi connectivity index (χ0v) is 17.0. The van der Waals surface area contributed by atoms with Crippen molar-refractivity contribution in [2.24, 2.45) is 0 Å². The maximum atomic E-state index is 13.3. The molecule has 1 heterocycles. The summed E-state index contributed by atoms with van der Waals surface area (Å²) in [6.45, 7) is 5.86. The predicted octanol–water partition coefficient (Wildman–Crippen LogP) is 5.56. The third-order valence-corrected chi connectivity index (χ3v) is 6.13. The lowest BCUT2D eigenvalue weighted by Gasteiger charge is -2.29. The summed E-state index contributed by atoms with van der Waals surface area (Å²) in [5, 5.41) is 1.72. The quantitative estimate of drug-likeness (QED) is 0.553. The Balaban J connectivity index is 1.70.